The molecule has 4 nitrogen and oxygen atoms in total. The van der Waals surface area contributed by atoms with E-state index in [9.17, 15) is 9.59 Å². The van der Waals surface area contributed by atoms with Crippen molar-refractivity contribution in [2.24, 2.45) is 0 Å². The largest absolute Gasteiger partial charge is 0.475 e. The van der Waals surface area contributed by atoms with Gasteiger partial charge in [-0.15, -0.1) is 0 Å². The minimum atomic E-state index is -1.15. The van der Waals surface area contributed by atoms with Gasteiger partial charge in [-0.05, 0) is 18.6 Å². The summed E-state index contributed by atoms with van der Waals surface area (Å²) >= 11 is 0. The van der Waals surface area contributed by atoms with Crippen LogP contribution in [0.25, 0.3) is 0 Å². The van der Waals surface area contributed by atoms with Crippen molar-refractivity contribution in [2.75, 3.05) is 0 Å². The Labute approximate surface area is 87.9 Å². The number of carboxylic acid groups (broad SMARTS) is 1. The first-order chi connectivity index (χ1) is 7.15. The van der Waals surface area contributed by atoms with Crippen molar-refractivity contribution < 1.29 is 19.1 Å². The smallest absolute Gasteiger partial charge is 0.371 e. The highest BCUT2D eigenvalue weighted by Gasteiger charge is 2.14. The number of aromatic carboxylic acids is 1. The molecule has 15 heavy (non-hydrogen) atoms. The molecule has 0 unspecified atom stereocenters. The second-order valence-electron chi connectivity index (χ2n) is 3.35. The molecule has 0 spiro atoms. The number of carboxylic acids is 1. The first-order valence-corrected chi connectivity index (χ1v) is 5.01. The maximum absolute atomic E-state index is 11.5. The summed E-state index contributed by atoms with van der Waals surface area (Å²) in [5.74, 6) is -1.32. The SMILES string of the molecule is CCCCCC(=O)c1ccc(C(=O)O)o1. The van der Waals surface area contributed by atoms with Crippen LogP contribution in [-0.4, -0.2) is 16.9 Å². The van der Waals surface area contributed by atoms with Crippen LogP contribution in [0.1, 0.15) is 53.7 Å². The number of ketones is 1. The summed E-state index contributed by atoms with van der Waals surface area (Å²) in [4.78, 5) is 22.0. The molecule has 1 aromatic heterocycles. The quantitative estimate of drug-likeness (QED) is 0.579. The first kappa shape index (κ1) is 11.5. The lowest BCUT2D eigenvalue weighted by atomic mass is 10.1. The molecule has 1 heterocycles. The highest BCUT2D eigenvalue weighted by molar-refractivity contribution is 5.95. The third-order valence-electron chi connectivity index (χ3n) is 2.10. The summed E-state index contributed by atoms with van der Waals surface area (Å²) in [5.41, 5.74) is 0. The van der Waals surface area contributed by atoms with Gasteiger partial charge in [0.1, 0.15) is 0 Å². The Hall–Kier alpha value is -1.58. The molecule has 0 fully saturated rings. The molecule has 82 valence electrons. The second-order valence-corrected chi connectivity index (χ2v) is 3.35. The van der Waals surface area contributed by atoms with Gasteiger partial charge in [0.25, 0.3) is 0 Å². The maximum atomic E-state index is 11.5. The summed E-state index contributed by atoms with van der Waals surface area (Å²) < 4.78 is 4.89. The third-order valence-corrected chi connectivity index (χ3v) is 2.10. The van der Waals surface area contributed by atoms with E-state index < -0.39 is 5.97 Å². The van der Waals surface area contributed by atoms with Crippen molar-refractivity contribution in [1.82, 2.24) is 0 Å². The second kappa shape index (κ2) is 5.34. The van der Waals surface area contributed by atoms with Gasteiger partial charge in [-0.2, -0.15) is 0 Å². The highest BCUT2D eigenvalue weighted by Crippen LogP contribution is 2.12. The number of carbonyl (C=O) groups is 2. The van der Waals surface area contributed by atoms with Crippen molar-refractivity contribution in [1.29, 1.82) is 0 Å². The van der Waals surface area contributed by atoms with E-state index in [1.54, 1.807) is 0 Å². The Morgan fingerprint density at radius 1 is 1.27 bits per heavy atom. The predicted octanol–water partition coefficient (Wildman–Crippen LogP) is 2.74. The zero-order chi connectivity index (χ0) is 11.3. The topological polar surface area (TPSA) is 67.5 Å². The van der Waals surface area contributed by atoms with Gasteiger partial charge in [-0.3, -0.25) is 4.79 Å². The standard InChI is InChI=1S/C11H14O4/c1-2-3-4-5-8(12)9-6-7-10(15-9)11(13)14/h6-7H,2-5H2,1H3,(H,13,14). The number of carbonyl (C=O) groups excluding carboxylic acids is 1. The van der Waals surface area contributed by atoms with Crippen molar-refractivity contribution in [2.45, 2.75) is 32.6 Å². The molecule has 0 aliphatic heterocycles. The Morgan fingerprint density at radius 3 is 2.47 bits per heavy atom. The molecular weight excluding hydrogens is 196 g/mol. The summed E-state index contributed by atoms with van der Waals surface area (Å²) in [5, 5.41) is 8.59. The summed E-state index contributed by atoms with van der Waals surface area (Å²) in [6.45, 7) is 2.06. The molecule has 1 rings (SSSR count). The molecule has 0 aliphatic carbocycles. The van der Waals surface area contributed by atoms with Crippen LogP contribution in [0.3, 0.4) is 0 Å². The summed E-state index contributed by atoms with van der Waals surface area (Å²) in [6.07, 6.45) is 3.28. The summed E-state index contributed by atoms with van der Waals surface area (Å²) in [6, 6.07) is 2.72. The number of unbranched alkanes of at least 4 members (excludes halogenated alkanes) is 2. The number of hydrogen-bond acceptors (Lipinski definition) is 3. The molecule has 1 aromatic rings. The number of rotatable bonds is 6. The molecule has 0 saturated heterocycles. The van der Waals surface area contributed by atoms with E-state index >= 15 is 0 Å². The minimum Gasteiger partial charge on any atom is -0.475 e. The van der Waals surface area contributed by atoms with Crippen LogP contribution >= 0.6 is 0 Å². The van der Waals surface area contributed by atoms with Gasteiger partial charge in [0.05, 0.1) is 0 Å². The van der Waals surface area contributed by atoms with E-state index in [-0.39, 0.29) is 17.3 Å². The van der Waals surface area contributed by atoms with E-state index in [2.05, 4.69) is 6.92 Å². The Balaban J connectivity index is 2.54. The maximum Gasteiger partial charge on any atom is 0.371 e. The molecule has 1 N–H and O–H groups in total. The molecule has 0 aliphatic rings. The van der Waals surface area contributed by atoms with Gasteiger partial charge >= 0.3 is 5.97 Å². The number of Topliss-reactive ketones (excluding diaryl/α,β-unsaturated/α-hetero) is 1. The van der Waals surface area contributed by atoms with Crippen LogP contribution in [0.15, 0.2) is 16.5 Å². The molecule has 0 bridgehead atoms. The lowest BCUT2D eigenvalue weighted by molar-refractivity contribution is 0.0660. The minimum absolute atomic E-state index is 0.129. The molecule has 0 saturated carbocycles. The first-order valence-electron chi connectivity index (χ1n) is 5.01. The molecular formula is C11H14O4. The Kier molecular flexibility index (Phi) is 4.09. The van der Waals surface area contributed by atoms with Gasteiger partial charge in [0.15, 0.2) is 11.5 Å². The molecule has 0 amide bonds. The van der Waals surface area contributed by atoms with Crippen molar-refractivity contribution in [3.63, 3.8) is 0 Å². The number of hydrogen-bond donors (Lipinski definition) is 1. The fourth-order valence-corrected chi connectivity index (χ4v) is 1.26. The van der Waals surface area contributed by atoms with Crippen molar-refractivity contribution in [3.05, 3.63) is 23.7 Å². The van der Waals surface area contributed by atoms with Gasteiger partial charge in [0.2, 0.25) is 5.76 Å². The average Bonchev–Trinajstić information content (AvgIpc) is 2.66. The van der Waals surface area contributed by atoms with Crippen LogP contribution in [0.5, 0.6) is 0 Å². The van der Waals surface area contributed by atoms with E-state index in [0.717, 1.165) is 19.3 Å². The Morgan fingerprint density at radius 2 is 1.93 bits per heavy atom. The normalized spacial score (nSPS) is 10.2. The zero-order valence-electron chi connectivity index (χ0n) is 8.66. The lowest BCUT2D eigenvalue weighted by Gasteiger charge is -1.95. The van der Waals surface area contributed by atoms with Crippen molar-refractivity contribution >= 4 is 11.8 Å². The Bertz CT molecular complexity index is 351. The van der Waals surface area contributed by atoms with Crippen LogP contribution in [0.2, 0.25) is 0 Å². The van der Waals surface area contributed by atoms with E-state index in [1.165, 1.54) is 12.1 Å². The van der Waals surface area contributed by atoms with Crippen LogP contribution in [-0.2, 0) is 0 Å². The molecule has 0 atom stereocenters. The third kappa shape index (κ3) is 3.23. The predicted molar refractivity (Wildman–Crippen MR) is 54.1 cm³/mol. The fraction of sp³-hybridized carbons (Fsp3) is 0.455. The van der Waals surface area contributed by atoms with Gasteiger partial charge in [-0.1, -0.05) is 19.8 Å². The number of furan rings is 1. The van der Waals surface area contributed by atoms with Crippen molar-refractivity contribution in [3.8, 4) is 0 Å². The fourth-order valence-electron chi connectivity index (χ4n) is 1.26. The highest BCUT2D eigenvalue weighted by atomic mass is 16.4. The van der Waals surface area contributed by atoms with E-state index in [4.69, 9.17) is 9.52 Å². The van der Waals surface area contributed by atoms with E-state index in [1.807, 2.05) is 0 Å². The van der Waals surface area contributed by atoms with Crippen LogP contribution < -0.4 is 0 Å². The summed E-state index contributed by atoms with van der Waals surface area (Å²) in [7, 11) is 0. The molecule has 0 radical (unpaired) electrons. The van der Waals surface area contributed by atoms with Gasteiger partial charge in [-0.25, -0.2) is 4.79 Å². The van der Waals surface area contributed by atoms with E-state index in [0.29, 0.717) is 6.42 Å². The van der Waals surface area contributed by atoms with Gasteiger partial charge in [0, 0.05) is 6.42 Å². The monoisotopic (exact) mass is 210 g/mol. The zero-order valence-corrected chi connectivity index (χ0v) is 8.66. The van der Waals surface area contributed by atoms with Crippen LogP contribution in [0.4, 0.5) is 0 Å². The average molecular weight is 210 g/mol. The molecule has 4 heteroatoms. The molecule has 0 aromatic carbocycles. The lowest BCUT2D eigenvalue weighted by Crippen LogP contribution is -1.97. The van der Waals surface area contributed by atoms with Gasteiger partial charge < -0.3 is 9.52 Å². The van der Waals surface area contributed by atoms with Crippen LogP contribution in [0, 0.1) is 0 Å².